The van der Waals surface area contributed by atoms with E-state index in [0.717, 1.165) is 18.8 Å². The smallest absolute Gasteiger partial charge is 0.137 e. The second-order valence-corrected chi connectivity index (χ2v) is 5.50. The molecule has 2 aromatic carbocycles. The molecule has 0 aliphatic heterocycles. The number of nitrogens with one attached hydrogen (secondary N) is 2. The van der Waals surface area contributed by atoms with Crippen LogP contribution in [0.15, 0.2) is 67.4 Å². The van der Waals surface area contributed by atoms with E-state index >= 15 is 0 Å². The molecule has 0 unspecified atom stereocenters. The van der Waals surface area contributed by atoms with Crippen LogP contribution in [0.2, 0.25) is 0 Å². The Morgan fingerprint density at radius 2 is 1.96 bits per heavy atom. The van der Waals surface area contributed by atoms with E-state index in [9.17, 15) is 0 Å². The fourth-order valence-corrected chi connectivity index (χ4v) is 2.73. The molecule has 0 aliphatic carbocycles. The van der Waals surface area contributed by atoms with Gasteiger partial charge in [0.25, 0.3) is 0 Å². The Labute approximate surface area is 134 Å². The molecule has 4 rings (SSSR count). The average molecular weight is 303 g/mol. The highest BCUT2D eigenvalue weighted by Crippen LogP contribution is 2.19. The SMILES string of the molecule is c1cc(CNc2ccc(Cn3cncn3)cc2)c2cc[nH]c2c1. The maximum Gasteiger partial charge on any atom is 0.137 e. The molecule has 114 valence electrons. The Balaban J connectivity index is 1.44. The zero-order valence-electron chi connectivity index (χ0n) is 12.6. The summed E-state index contributed by atoms with van der Waals surface area (Å²) in [5, 5.41) is 8.87. The van der Waals surface area contributed by atoms with E-state index in [4.69, 9.17) is 0 Å². The lowest BCUT2D eigenvalue weighted by atomic mass is 10.1. The summed E-state index contributed by atoms with van der Waals surface area (Å²) in [5.74, 6) is 0. The van der Waals surface area contributed by atoms with Gasteiger partial charge in [-0.15, -0.1) is 0 Å². The Bertz CT molecular complexity index is 891. The van der Waals surface area contributed by atoms with E-state index in [1.54, 1.807) is 12.7 Å². The van der Waals surface area contributed by atoms with Crippen molar-refractivity contribution in [3.05, 3.63) is 78.5 Å². The molecule has 2 aromatic heterocycles. The van der Waals surface area contributed by atoms with Gasteiger partial charge in [-0.3, -0.25) is 0 Å². The van der Waals surface area contributed by atoms with Crippen molar-refractivity contribution < 1.29 is 0 Å². The maximum absolute atomic E-state index is 4.12. The highest BCUT2D eigenvalue weighted by Gasteiger charge is 2.02. The molecule has 0 saturated heterocycles. The molecule has 0 atom stereocenters. The number of H-pyrrole nitrogens is 1. The first-order chi connectivity index (χ1) is 11.4. The lowest BCUT2D eigenvalue weighted by Crippen LogP contribution is -2.02. The molecule has 0 amide bonds. The largest absolute Gasteiger partial charge is 0.381 e. The van der Waals surface area contributed by atoms with Gasteiger partial charge in [0.15, 0.2) is 0 Å². The van der Waals surface area contributed by atoms with Crippen molar-refractivity contribution in [2.24, 2.45) is 0 Å². The zero-order chi connectivity index (χ0) is 15.5. The van der Waals surface area contributed by atoms with Crippen LogP contribution in [0.1, 0.15) is 11.1 Å². The van der Waals surface area contributed by atoms with E-state index in [-0.39, 0.29) is 0 Å². The Kier molecular flexibility index (Phi) is 3.52. The number of nitrogens with zero attached hydrogens (tertiary/aromatic N) is 3. The number of aromatic nitrogens is 4. The number of hydrogen-bond donors (Lipinski definition) is 2. The predicted molar refractivity (Wildman–Crippen MR) is 91.2 cm³/mol. The molecule has 0 radical (unpaired) electrons. The molecule has 2 N–H and O–H groups in total. The van der Waals surface area contributed by atoms with Gasteiger partial charge in [-0.1, -0.05) is 24.3 Å². The zero-order valence-corrected chi connectivity index (χ0v) is 12.6. The van der Waals surface area contributed by atoms with E-state index < -0.39 is 0 Å². The third-order valence-corrected chi connectivity index (χ3v) is 3.93. The van der Waals surface area contributed by atoms with Crippen molar-refractivity contribution >= 4 is 16.6 Å². The Hall–Kier alpha value is -3.08. The first-order valence-corrected chi connectivity index (χ1v) is 7.59. The van der Waals surface area contributed by atoms with Crippen molar-refractivity contribution in [2.45, 2.75) is 13.1 Å². The lowest BCUT2D eigenvalue weighted by molar-refractivity contribution is 0.685. The van der Waals surface area contributed by atoms with Gasteiger partial charge >= 0.3 is 0 Å². The van der Waals surface area contributed by atoms with Crippen molar-refractivity contribution in [2.75, 3.05) is 5.32 Å². The van der Waals surface area contributed by atoms with Crippen LogP contribution in [-0.2, 0) is 13.1 Å². The highest BCUT2D eigenvalue weighted by molar-refractivity contribution is 5.83. The van der Waals surface area contributed by atoms with Crippen molar-refractivity contribution in [1.29, 1.82) is 0 Å². The highest BCUT2D eigenvalue weighted by atomic mass is 15.3. The lowest BCUT2D eigenvalue weighted by Gasteiger charge is -2.09. The van der Waals surface area contributed by atoms with Crippen LogP contribution in [0, 0.1) is 0 Å². The maximum atomic E-state index is 4.12. The van der Waals surface area contributed by atoms with Gasteiger partial charge in [0.05, 0.1) is 6.54 Å². The predicted octanol–water partition coefficient (Wildman–Crippen LogP) is 3.42. The molecule has 5 heteroatoms. The summed E-state index contributed by atoms with van der Waals surface area (Å²) in [4.78, 5) is 7.20. The second kappa shape index (κ2) is 5.96. The fraction of sp³-hybridized carbons (Fsp3) is 0.111. The van der Waals surface area contributed by atoms with Crippen LogP contribution < -0.4 is 5.32 Å². The topological polar surface area (TPSA) is 58.5 Å². The fourth-order valence-electron chi connectivity index (χ4n) is 2.73. The molecule has 5 nitrogen and oxygen atoms in total. The summed E-state index contributed by atoms with van der Waals surface area (Å²) in [6, 6.07) is 16.9. The van der Waals surface area contributed by atoms with Gasteiger partial charge in [-0.05, 0) is 35.4 Å². The first kappa shape index (κ1) is 13.6. The van der Waals surface area contributed by atoms with Crippen LogP contribution in [-0.4, -0.2) is 19.7 Å². The molecule has 0 fully saturated rings. The molecular weight excluding hydrogens is 286 g/mol. The van der Waals surface area contributed by atoms with Gasteiger partial charge < -0.3 is 10.3 Å². The van der Waals surface area contributed by atoms with Gasteiger partial charge in [0.2, 0.25) is 0 Å². The van der Waals surface area contributed by atoms with E-state index in [2.05, 4.69) is 68.9 Å². The van der Waals surface area contributed by atoms with Crippen LogP contribution >= 0.6 is 0 Å². The summed E-state index contributed by atoms with van der Waals surface area (Å²) >= 11 is 0. The molecule has 2 heterocycles. The number of fused-ring (bicyclic) bond motifs is 1. The minimum absolute atomic E-state index is 0.739. The van der Waals surface area contributed by atoms with E-state index in [1.807, 2.05) is 10.9 Å². The summed E-state index contributed by atoms with van der Waals surface area (Å²) in [7, 11) is 0. The summed E-state index contributed by atoms with van der Waals surface area (Å²) < 4.78 is 1.81. The van der Waals surface area contributed by atoms with Crippen molar-refractivity contribution in [1.82, 2.24) is 19.7 Å². The van der Waals surface area contributed by atoms with E-state index in [1.165, 1.54) is 22.0 Å². The number of benzene rings is 2. The van der Waals surface area contributed by atoms with Crippen LogP contribution in [0.25, 0.3) is 10.9 Å². The summed E-state index contributed by atoms with van der Waals surface area (Å²) in [5.41, 5.74) is 4.77. The number of aromatic amines is 1. The third kappa shape index (κ3) is 2.94. The standard InChI is InChI=1S/C18H17N5/c1-2-15(17-8-9-20-18(17)3-1)10-21-16-6-4-14(5-7-16)11-23-13-19-12-22-23/h1-9,12-13,20-21H,10-11H2. The van der Waals surface area contributed by atoms with Gasteiger partial charge in [-0.2, -0.15) is 5.10 Å². The second-order valence-electron chi connectivity index (χ2n) is 5.50. The molecule has 0 aliphatic rings. The van der Waals surface area contributed by atoms with Gasteiger partial charge in [0, 0.05) is 29.3 Å². The Morgan fingerprint density at radius 3 is 2.78 bits per heavy atom. The summed E-state index contributed by atoms with van der Waals surface area (Å²) in [6.07, 6.45) is 5.26. The summed E-state index contributed by atoms with van der Waals surface area (Å²) in [6.45, 7) is 1.54. The monoisotopic (exact) mass is 303 g/mol. The van der Waals surface area contributed by atoms with Crippen LogP contribution in [0.5, 0.6) is 0 Å². The van der Waals surface area contributed by atoms with Crippen molar-refractivity contribution in [3.63, 3.8) is 0 Å². The molecule has 0 saturated carbocycles. The van der Waals surface area contributed by atoms with Crippen LogP contribution in [0.3, 0.4) is 0 Å². The first-order valence-electron chi connectivity index (χ1n) is 7.59. The van der Waals surface area contributed by atoms with E-state index in [0.29, 0.717) is 0 Å². The normalized spacial score (nSPS) is 11.0. The average Bonchev–Trinajstić information content (AvgIpc) is 3.25. The van der Waals surface area contributed by atoms with Gasteiger partial charge in [-0.25, -0.2) is 9.67 Å². The van der Waals surface area contributed by atoms with Crippen LogP contribution in [0.4, 0.5) is 5.69 Å². The minimum Gasteiger partial charge on any atom is -0.381 e. The molecule has 4 aromatic rings. The number of rotatable bonds is 5. The number of hydrogen-bond acceptors (Lipinski definition) is 3. The number of anilines is 1. The van der Waals surface area contributed by atoms with Gasteiger partial charge in [0.1, 0.15) is 12.7 Å². The molecule has 23 heavy (non-hydrogen) atoms. The quantitative estimate of drug-likeness (QED) is 0.594. The molecule has 0 spiro atoms. The van der Waals surface area contributed by atoms with Crippen molar-refractivity contribution in [3.8, 4) is 0 Å². The third-order valence-electron chi connectivity index (χ3n) is 3.93. The molecule has 0 bridgehead atoms. The minimum atomic E-state index is 0.739. The Morgan fingerprint density at radius 1 is 1.04 bits per heavy atom. The molecular formula is C18H17N5.